The van der Waals surface area contributed by atoms with Crippen LogP contribution in [0.5, 0.6) is 0 Å². The van der Waals surface area contributed by atoms with E-state index in [-0.39, 0.29) is 23.7 Å². The van der Waals surface area contributed by atoms with Crippen molar-refractivity contribution in [3.05, 3.63) is 29.1 Å². The Hall–Kier alpha value is -2.11. The summed E-state index contributed by atoms with van der Waals surface area (Å²) in [5.41, 5.74) is 6.18. The number of carbonyl (C=O) groups is 2. The van der Waals surface area contributed by atoms with E-state index in [1.54, 1.807) is 14.1 Å². The number of likely N-dealkylation sites (N-methyl/N-ethyl adjacent to an activating group) is 1. The van der Waals surface area contributed by atoms with E-state index >= 15 is 0 Å². The molecule has 1 rings (SSSR count). The van der Waals surface area contributed by atoms with E-state index in [4.69, 9.17) is 5.73 Å². The third-order valence-electron chi connectivity index (χ3n) is 2.55. The smallest absolute Gasteiger partial charge is 0.251 e. The first-order valence-electron chi connectivity index (χ1n) is 5.37. The fourth-order valence-corrected chi connectivity index (χ4v) is 1.25. The Labute approximate surface area is 105 Å². The highest BCUT2D eigenvalue weighted by molar-refractivity contribution is 5.97. The Morgan fingerprint density at radius 1 is 1.39 bits per heavy atom. The van der Waals surface area contributed by atoms with Gasteiger partial charge in [-0.25, -0.2) is 4.39 Å². The first kappa shape index (κ1) is 14.0. The molecule has 18 heavy (non-hydrogen) atoms. The van der Waals surface area contributed by atoms with Crippen LogP contribution < -0.4 is 11.1 Å². The van der Waals surface area contributed by atoms with Crippen LogP contribution in [0.15, 0.2) is 12.1 Å². The average Bonchev–Trinajstić information content (AvgIpc) is 2.31. The lowest BCUT2D eigenvalue weighted by Crippen LogP contribution is -2.36. The van der Waals surface area contributed by atoms with Gasteiger partial charge >= 0.3 is 0 Å². The van der Waals surface area contributed by atoms with E-state index in [2.05, 4.69) is 5.32 Å². The third kappa shape index (κ3) is 3.19. The number of nitrogen functional groups attached to an aromatic ring is 1. The van der Waals surface area contributed by atoms with Gasteiger partial charge < -0.3 is 16.0 Å². The summed E-state index contributed by atoms with van der Waals surface area (Å²) in [4.78, 5) is 24.3. The van der Waals surface area contributed by atoms with Crippen molar-refractivity contribution in [3.63, 3.8) is 0 Å². The predicted molar refractivity (Wildman–Crippen MR) is 66.6 cm³/mol. The van der Waals surface area contributed by atoms with Crippen molar-refractivity contribution in [2.45, 2.75) is 6.92 Å². The molecule has 0 bridgehead atoms. The maximum atomic E-state index is 13.4. The van der Waals surface area contributed by atoms with Gasteiger partial charge in [-0.05, 0) is 19.1 Å². The maximum absolute atomic E-state index is 13.4. The van der Waals surface area contributed by atoms with Crippen LogP contribution in [-0.2, 0) is 4.79 Å². The van der Waals surface area contributed by atoms with Crippen molar-refractivity contribution >= 4 is 17.5 Å². The summed E-state index contributed by atoms with van der Waals surface area (Å²) in [7, 11) is 3.16. The maximum Gasteiger partial charge on any atom is 0.251 e. The third-order valence-corrected chi connectivity index (χ3v) is 2.55. The molecule has 1 aromatic carbocycles. The van der Waals surface area contributed by atoms with E-state index in [0.29, 0.717) is 5.56 Å². The highest BCUT2D eigenvalue weighted by Gasteiger charge is 2.12. The Morgan fingerprint density at radius 3 is 2.50 bits per heavy atom. The largest absolute Gasteiger partial charge is 0.398 e. The van der Waals surface area contributed by atoms with Crippen molar-refractivity contribution in [1.29, 1.82) is 0 Å². The predicted octanol–water partition coefficient (Wildman–Crippen LogP) is 0.534. The van der Waals surface area contributed by atoms with Gasteiger partial charge in [-0.3, -0.25) is 9.59 Å². The number of rotatable bonds is 3. The van der Waals surface area contributed by atoms with E-state index in [9.17, 15) is 14.0 Å². The highest BCUT2D eigenvalue weighted by atomic mass is 19.1. The van der Waals surface area contributed by atoms with Crippen molar-refractivity contribution in [2.75, 3.05) is 26.4 Å². The molecule has 5 nitrogen and oxygen atoms in total. The number of hydrogen-bond acceptors (Lipinski definition) is 3. The van der Waals surface area contributed by atoms with Gasteiger partial charge in [0.05, 0.1) is 6.54 Å². The van der Waals surface area contributed by atoms with Crippen LogP contribution in [0.25, 0.3) is 0 Å². The van der Waals surface area contributed by atoms with Crippen molar-refractivity contribution < 1.29 is 14.0 Å². The number of nitrogens with one attached hydrogen (secondary N) is 1. The Bertz CT molecular complexity index is 463. The molecule has 0 aliphatic rings. The fraction of sp³-hybridized carbons (Fsp3) is 0.333. The van der Waals surface area contributed by atoms with Crippen LogP contribution in [-0.4, -0.2) is 37.4 Å². The number of amides is 2. The summed E-state index contributed by atoms with van der Waals surface area (Å²) >= 11 is 0. The molecule has 0 atom stereocenters. The van der Waals surface area contributed by atoms with Gasteiger partial charge in [0.25, 0.3) is 5.91 Å². The summed E-state index contributed by atoms with van der Waals surface area (Å²) in [5.74, 6) is -1.32. The zero-order valence-electron chi connectivity index (χ0n) is 10.6. The van der Waals surface area contributed by atoms with Gasteiger partial charge in [0.2, 0.25) is 5.91 Å². The summed E-state index contributed by atoms with van der Waals surface area (Å²) in [6.45, 7) is 1.39. The molecule has 0 heterocycles. The molecule has 0 spiro atoms. The van der Waals surface area contributed by atoms with Crippen molar-refractivity contribution in [2.24, 2.45) is 0 Å². The Balaban J connectivity index is 2.77. The van der Waals surface area contributed by atoms with Crippen LogP contribution in [0.4, 0.5) is 10.1 Å². The van der Waals surface area contributed by atoms with Crippen LogP contribution in [0.1, 0.15) is 15.9 Å². The van der Waals surface area contributed by atoms with Crippen LogP contribution in [0, 0.1) is 12.7 Å². The first-order valence-corrected chi connectivity index (χ1v) is 5.37. The molecule has 0 aliphatic carbocycles. The van der Waals surface area contributed by atoms with Gasteiger partial charge in [-0.15, -0.1) is 0 Å². The number of anilines is 1. The lowest BCUT2D eigenvalue weighted by atomic mass is 10.1. The molecule has 3 N–H and O–H groups in total. The minimum Gasteiger partial charge on any atom is -0.398 e. The average molecular weight is 253 g/mol. The second kappa shape index (κ2) is 5.48. The molecule has 98 valence electrons. The van der Waals surface area contributed by atoms with Gasteiger partial charge in [-0.1, -0.05) is 0 Å². The minimum atomic E-state index is -0.543. The van der Waals surface area contributed by atoms with Crippen LogP contribution in [0.2, 0.25) is 0 Å². The molecule has 0 radical (unpaired) electrons. The number of carbonyl (C=O) groups excluding carboxylic acids is 2. The normalized spacial score (nSPS) is 10.0. The molecule has 0 saturated carbocycles. The summed E-state index contributed by atoms with van der Waals surface area (Å²) < 4.78 is 13.4. The zero-order valence-corrected chi connectivity index (χ0v) is 10.6. The standard InChI is InChI=1S/C12H16FN3O2/c1-7-9(13)4-8(5-10(7)14)12(18)15-6-11(17)16(2)3/h4-5H,6,14H2,1-3H3,(H,15,18). The molecule has 0 aliphatic heterocycles. The number of hydrogen-bond donors (Lipinski definition) is 2. The minimum absolute atomic E-state index is 0.0992. The SMILES string of the molecule is Cc1c(N)cc(C(=O)NCC(=O)N(C)C)cc1F. The van der Waals surface area contributed by atoms with E-state index in [1.807, 2.05) is 0 Å². The lowest BCUT2D eigenvalue weighted by Gasteiger charge is -2.11. The second-order valence-corrected chi connectivity index (χ2v) is 4.14. The van der Waals surface area contributed by atoms with Crippen LogP contribution in [0.3, 0.4) is 0 Å². The topological polar surface area (TPSA) is 75.4 Å². The van der Waals surface area contributed by atoms with Crippen LogP contribution >= 0.6 is 0 Å². The Morgan fingerprint density at radius 2 is 2.00 bits per heavy atom. The number of halogens is 1. The van der Waals surface area contributed by atoms with E-state index in [1.165, 1.54) is 17.9 Å². The highest BCUT2D eigenvalue weighted by Crippen LogP contribution is 2.17. The first-order chi connectivity index (χ1) is 8.32. The lowest BCUT2D eigenvalue weighted by molar-refractivity contribution is -0.127. The summed E-state index contributed by atoms with van der Waals surface area (Å²) in [6, 6.07) is 2.48. The summed E-state index contributed by atoms with van der Waals surface area (Å²) in [5, 5.41) is 2.40. The Kier molecular flexibility index (Phi) is 4.25. The van der Waals surface area contributed by atoms with Gasteiger partial charge in [0, 0.05) is 30.9 Å². The molecule has 2 amide bonds. The monoisotopic (exact) mass is 253 g/mol. The number of benzene rings is 1. The number of nitrogens with two attached hydrogens (primary N) is 1. The zero-order chi connectivity index (χ0) is 13.9. The van der Waals surface area contributed by atoms with Gasteiger partial charge in [0.1, 0.15) is 5.82 Å². The molecular formula is C12H16FN3O2. The van der Waals surface area contributed by atoms with Crippen molar-refractivity contribution in [3.8, 4) is 0 Å². The fourth-order valence-electron chi connectivity index (χ4n) is 1.25. The van der Waals surface area contributed by atoms with Crippen molar-refractivity contribution in [1.82, 2.24) is 10.2 Å². The van der Waals surface area contributed by atoms with E-state index < -0.39 is 11.7 Å². The molecule has 0 fully saturated rings. The molecular weight excluding hydrogens is 237 g/mol. The molecule has 0 saturated heterocycles. The van der Waals surface area contributed by atoms with E-state index in [0.717, 1.165) is 6.07 Å². The number of nitrogens with zero attached hydrogens (tertiary/aromatic N) is 1. The molecule has 6 heteroatoms. The second-order valence-electron chi connectivity index (χ2n) is 4.14. The molecule has 0 aromatic heterocycles. The van der Waals surface area contributed by atoms with Gasteiger partial charge in [-0.2, -0.15) is 0 Å². The molecule has 0 unspecified atom stereocenters. The van der Waals surface area contributed by atoms with Gasteiger partial charge in [0.15, 0.2) is 0 Å². The summed E-state index contributed by atoms with van der Waals surface area (Å²) in [6.07, 6.45) is 0. The molecule has 1 aromatic rings. The quantitative estimate of drug-likeness (QED) is 0.772.